The van der Waals surface area contributed by atoms with Crippen LogP contribution >= 0.6 is 11.3 Å². The first kappa shape index (κ1) is 16.7. The second-order valence-electron chi connectivity index (χ2n) is 7.22. The van der Waals surface area contributed by atoms with Crippen LogP contribution in [-0.2, 0) is 11.3 Å². The van der Waals surface area contributed by atoms with Gasteiger partial charge >= 0.3 is 0 Å². The molecule has 0 radical (unpaired) electrons. The number of guanidine groups is 1. The van der Waals surface area contributed by atoms with E-state index in [4.69, 9.17) is 4.74 Å². The van der Waals surface area contributed by atoms with Crippen molar-refractivity contribution in [1.29, 1.82) is 0 Å². The predicted molar refractivity (Wildman–Crippen MR) is 95.0 cm³/mol. The molecule has 2 N–H and O–H groups in total. The highest BCUT2D eigenvalue weighted by Gasteiger charge is 2.58. The summed E-state index contributed by atoms with van der Waals surface area (Å²) in [6.45, 7) is 10.4. The van der Waals surface area contributed by atoms with Gasteiger partial charge in [-0.05, 0) is 26.7 Å². The Morgan fingerprint density at radius 3 is 2.87 bits per heavy atom. The molecule has 128 valence electrons. The summed E-state index contributed by atoms with van der Waals surface area (Å²) in [5.41, 5.74) is 1.27. The summed E-state index contributed by atoms with van der Waals surface area (Å²) in [6.07, 6.45) is 2.79. The van der Waals surface area contributed by atoms with E-state index in [-0.39, 0.29) is 5.41 Å². The van der Waals surface area contributed by atoms with E-state index >= 15 is 0 Å². The maximum Gasteiger partial charge on any atom is 0.191 e. The van der Waals surface area contributed by atoms with E-state index in [1.807, 2.05) is 7.05 Å². The minimum Gasteiger partial charge on any atom is -0.377 e. The van der Waals surface area contributed by atoms with Crippen LogP contribution in [0.4, 0.5) is 0 Å². The van der Waals surface area contributed by atoms with Gasteiger partial charge in [0.2, 0.25) is 0 Å². The Labute approximate surface area is 142 Å². The molecular formula is C17H28N4OS. The topological polar surface area (TPSA) is 58.5 Å². The largest absolute Gasteiger partial charge is 0.377 e. The highest BCUT2D eigenvalue weighted by Crippen LogP contribution is 2.51. The Morgan fingerprint density at radius 1 is 1.43 bits per heavy atom. The molecule has 0 spiro atoms. The lowest BCUT2D eigenvalue weighted by Gasteiger charge is -2.60. The summed E-state index contributed by atoms with van der Waals surface area (Å²) in [7, 11) is 1.83. The van der Waals surface area contributed by atoms with Gasteiger partial charge in [-0.2, -0.15) is 0 Å². The average Bonchev–Trinajstić information content (AvgIpc) is 2.86. The van der Waals surface area contributed by atoms with Gasteiger partial charge in [0.1, 0.15) is 5.01 Å². The third kappa shape index (κ3) is 3.11. The number of hydrogen-bond acceptors (Lipinski definition) is 4. The Morgan fingerprint density at radius 2 is 2.22 bits per heavy atom. The molecule has 1 aliphatic heterocycles. The third-order valence-corrected chi connectivity index (χ3v) is 6.40. The van der Waals surface area contributed by atoms with Gasteiger partial charge in [-0.1, -0.05) is 13.8 Å². The molecular weight excluding hydrogens is 308 g/mol. The molecule has 0 amide bonds. The van der Waals surface area contributed by atoms with Crippen molar-refractivity contribution in [2.75, 3.05) is 13.7 Å². The van der Waals surface area contributed by atoms with Crippen LogP contribution in [0.5, 0.6) is 0 Å². The first-order valence-corrected chi connectivity index (χ1v) is 9.27. The highest BCUT2D eigenvalue weighted by molar-refractivity contribution is 7.11. The van der Waals surface area contributed by atoms with Crippen molar-refractivity contribution in [3.05, 3.63) is 15.6 Å². The van der Waals surface area contributed by atoms with E-state index in [2.05, 4.69) is 48.3 Å². The first-order chi connectivity index (χ1) is 10.9. The van der Waals surface area contributed by atoms with Crippen LogP contribution in [0.2, 0.25) is 0 Å². The lowest BCUT2D eigenvalue weighted by Crippen LogP contribution is -2.70. The molecule has 1 saturated carbocycles. The summed E-state index contributed by atoms with van der Waals surface area (Å²) in [5, 5.41) is 8.13. The molecule has 3 atom stereocenters. The van der Waals surface area contributed by atoms with Crippen molar-refractivity contribution < 1.29 is 4.74 Å². The molecule has 2 fully saturated rings. The summed E-state index contributed by atoms with van der Waals surface area (Å²) in [6, 6.07) is 0.416. The summed E-state index contributed by atoms with van der Waals surface area (Å²) in [5.74, 6) is 1.46. The number of rotatable bonds is 3. The lowest BCUT2D eigenvalue weighted by atomic mass is 9.55. The molecule has 1 aromatic rings. The molecule has 1 aromatic heterocycles. The van der Waals surface area contributed by atoms with E-state index in [1.54, 1.807) is 11.3 Å². The Balaban J connectivity index is 1.59. The molecule has 2 heterocycles. The highest BCUT2D eigenvalue weighted by atomic mass is 32.1. The minimum atomic E-state index is 0.150. The van der Waals surface area contributed by atoms with Crippen molar-refractivity contribution in [3.8, 4) is 0 Å². The van der Waals surface area contributed by atoms with E-state index in [1.165, 1.54) is 17.7 Å². The van der Waals surface area contributed by atoms with Crippen molar-refractivity contribution in [2.24, 2.45) is 16.3 Å². The smallest absolute Gasteiger partial charge is 0.191 e. The van der Waals surface area contributed by atoms with Gasteiger partial charge in [-0.15, -0.1) is 11.3 Å². The number of nitrogens with zero attached hydrogens (tertiary/aromatic N) is 2. The maximum absolute atomic E-state index is 5.97. The van der Waals surface area contributed by atoms with Gasteiger partial charge < -0.3 is 15.4 Å². The van der Waals surface area contributed by atoms with Crippen LogP contribution in [0.15, 0.2) is 4.99 Å². The monoisotopic (exact) mass is 336 g/mol. The molecule has 0 bridgehead atoms. The zero-order chi connectivity index (χ0) is 16.6. The van der Waals surface area contributed by atoms with Crippen LogP contribution in [0.3, 0.4) is 0 Å². The molecule has 2 aliphatic rings. The third-order valence-electron chi connectivity index (χ3n) is 5.33. The van der Waals surface area contributed by atoms with E-state index in [0.717, 1.165) is 29.8 Å². The van der Waals surface area contributed by atoms with Crippen LogP contribution in [0.25, 0.3) is 0 Å². The number of hydrogen-bond donors (Lipinski definition) is 2. The normalized spacial score (nSPS) is 29.6. The quantitative estimate of drug-likeness (QED) is 0.658. The van der Waals surface area contributed by atoms with Gasteiger partial charge in [0.15, 0.2) is 5.96 Å². The second kappa shape index (κ2) is 6.40. The van der Waals surface area contributed by atoms with Crippen LogP contribution in [0, 0.1) is 25.2 Å². The van der Waals surface area contributed by atoms with Crippen molar-refractivity contribution in [1.82, 2.24) is 15.6 Å². The Kier molecular flexibility index (Phi) is 4.65. The molecule has 3 unspecified atom stereocenters. The van der Waals surface area contributed by atoms with E-state index in [0.29, 0.717) is 18.1 Å². The van der Waals surface area contributed by atoms with Gasteiger partial charge in [0, 0.05) is 35.9 Å². The number of nitrogens with one attached hydrogen (secondary N) is 2. The molecule has 23 heavy (non-hydrogen) atoms. The van der Waals surface area contributed by atoms with Crippen LogP contribution in [-0.4, -0.2) is 36.7 Å². The van der Waals surface area contributed by atoms with E-state index in [9.17, 15) is 0 Å². The fourth-order valence-electron chi connectivity index (χ4n) is 3.93. The minimum absolute atomic E-state index is 0.150. The van der Waals surface area contributed by atoms with Crippen LogP contribution in [0.1, 0.15) is 42.3 Å². The number of fused-ring (bicyclic) bond motifs is 1. The van der Waals surface area contributed by atoms with Crippen molar-refractivity contribution in [2.45, 2.75) is 59.2 Å². The predicted octanol–water partition coefficient (Wildman–Crippen LogP) is 2.63. The standard InChI is InChI=1S/C17H28N4OS/c1-10-11(2)23-13(20-10)9-19-16(18-5)21-14-12-7-6-8-22-15(12)17(14,3)4/h12,14-15H,6-9H2,1-5H3,(H2,18,19,21). The zero-order valence-corrected chi connectivity index (χ0v) is 15.6. The van der Waals surface area contributed by atoms with E-state index < -0.39 is 0 Å². The summed E-state index contributed by atoms with van der Waals surface area (Å²) in [4.78, 5) is 10.2. The Hall–Kier alpha value is -1.14. The van der Waals surface area contributed by atoms with Gasteiger partial charge in [0.05, 0.1) is 18.3 Å². The molecule has 0 aromatic carbocycles. The second-order valence-corrected chi connectivity index (χ2v) is 8.50. The summed E-state index contributed by atoms with van der Waals surface area (Å²) < 4.78 is 5.97. The SMILES string of the molecule is CN=C(NCc1nc(C)c(C)s1)NC1C2CCCOC2C1(C)C. The molecule has 3 rings (SSSR count). The van der Waals surface area contributed by atoms with Gasteiger partial charge in [0.25, 0.3) is 0 Å². The fourth-order valence-corrected chi connectivity index (χ4v) is 4.81. The molecule has 1 saturated heterocycles. The number of aliphatic imine (C=N–C) groups is 1. The van der Waals surface area contributed by atoms with Gasteiger partial charge in [-0.3, -0.25) is 4.99 Å². The number of aromatic nitrogens is 1. The fraction of sp³-hybridized carbons (Fsp3) is 0.765. The molecule has 5 nitrogen and oxygen atoms in total. The number of aryl methyl sites for hydroxylation is 2. The van der Waals surface area contributed by atoms with Crippen molar-refractivity contribution >= 4 is 17.3 Å². The van der Waals surface area contributed by atoms with Gasteiger partial charge in [-0.25, -0.2) is 4.98 Å². The Bertz CT molecular complexity index is 576. The summed E-state index contributed by atoms with van der Waals surface area (Å²) >= 11 is 1.75. The van der Waals surface area contributed by atoms with Crippen molar-refractivity contribution in [3.63, 3.8) is 0 Å². The molecule has 6 heteroatoms. The maximum atomic E-state index is 5.97. The lowest BCUT2D eigenvalue weighted by molar-refractivity contribution is -0.188. The average molecular weight is 337 g/mol. The first-order valence-electron chi connectivity index (χ1n) is 8.45. The van der Waals surface area contributed by atoms with Crippen LogP contribution < -0.4 is 10.6 Å². The number of ether oxygens (including phenoxy) is 1. The number of thiazole rings is 1. The zero-order valence-electron chi connectivity index (χ0n) is 14.8. The molecule has 1 aliphatic carbocycles.